The standard InChI is InChI=1S/C16H24N2O/c1-11(2)13-8-6-12(7-9-13)10-18-16(19)14-4-3-5-15(14)17/h6-9,11,14-15H,3-5,10,17H2,1-2H3,(H,18,19). The van der Waals surface area contributed by atoms with Crippen LogP contribution in [-0.4, -0.2) is 11.9 Å². The van der Waals surface area contributed by atoms with Crippen molar-refractivity contribution in [3.63, 3.8) is 0 Å². The zero-order chi connectivity index (χ0) is 13.8. The topological polar surface area (TPSA) is 55.1 Å². The van der Waals surface area contributed by atoms with E-state index in [1.807, 2.05) is 0 Å². The van der Waals surface area contributed by atoms with Crippen LogP contribution in [0.5, 0.6) is 0 Å². The Bertz CT molecular complexity index is 425. The van der Waals surface area contributed by atoms with Crippen molar-refractivity contribution in [1.29, 1.82) is 0 Å². The molecule has 1 aromatic rings. The number of amides is 1. The summed E-state index contributed by atoms with van der Waals surface area (Å²) in [6.45, 7) is 4.96. The van der Waals surface area contributed by atoms with E-state index in [1.165, 1.54) is 5.56 Å². The Kier molecular flexibility index (Phi) is 4.59. The van der Waals surface area contributed by atoms with Crippen LogP contribution in [0.15, 0.2) is 24.3 Å². The average Bonchev–Trinajstić information content (AvgIpc) is 2.83. The second-order valence-electron chi connectivity index (χ2n) is 5.82. The Balaban J connectivity index is 1.86. The van der Waals surface area contributed by atoms with Crippen molar-refractivity contribution in [2.75, 3.05) is 0 Å². The fraction of sp³-hybridized carbons (Fsp3) is 0.562. The van der Waals surface area contributed by atoms with E-state index in [9.17, 15) is 4.79 Å². The second-order valence-corrected chi connectivity index (χ2v) is 5.82. The van der Waals surface area contributed by atoms with Crippen molar-refractivity contribution in [3.8, 4) is 0 Å². The minimum atomic E-state index is 0.00920. The van der Waals surface area contributed by atoms with Crippen LogP contribution in [0, 0.1) is 5.92 Å². The normalized spacial score (nSPS) is 22.7. The molecule has 0 radical (unpaired) electrons. The van der Waals surface area contributed by atoms with Gasteiger partial charge in [0.25, 0.3) is 0 Å². The van der Waals surface area contributed by atoms with Crippen molar-refractivity contribution in [3.05, 3.63) is 35.4 Å². The molecule has 1 aliphatic carbocycles. The molecule has 1 aromatic carbocycles. The molecule has 0 saturated heterocycles. The van der Waals surface area contributed by atoms with Crippen molar-refractivity contribution in [1.82, 2.24) is 5.32 Å². The third-order valence-corrected chi connectivity index (χ3v) is 4.02. The summed E-state index contributed by atoms with van der Waals surface area (Å²) < 4.78 is 0. The first kappa shape index (κ1) is 14.1. The van der Waals surface area contributed by atoms with E-state index < -0.39 is 0 Å². The van der Waals surface area contributed by atoms with Crippen LogP contribution in [0.4, 0.5) is 0 Å². The number of hydrogen-bond acceptors (Lipinski definition) is 2. The fourth-order valence-electron chi connectivity index (χ4n) is 2.65. The summed E-state index contributed by atoms with van der Waals surface area (Å²) in [5.41, 5.74) is 8.41. The molecule has 19 heavy (non-hydrogen) atoms. The maximum Gasteiger partial charge on any atom is 0.224 e. The van der Waals surface area contributed by atoms with Gasteiger partial charge in [-0.05, 0) is 29.9 Å². The first-order valence-corrected chi connectivity index (χ1v) is 7.20. The maximum atomic E-state index is 12.0. The van der Waals surface area contributed by atoms with E-state index in [0.717, 1.165) is 24.8 Å². The molecule has 3 heteroatoms. The van der Waals surface area contributed by atoms with Gasteiger partial charge in [0.05, 0.1) is 5.92 Å². The lowest BCUT2D eigenvalue weighted by Gasteiger charge is -2.15. The van der Waals surface area contributed by atoms with Gasteiger partial charge in [-0.2, -0.15) is 0 Å². The highest BCUT2D eigenvalue weighted by molar-refractivity contribution is 5.79. The number of benzene rings is 1. The first-order chi connectivity index (χ1) is 9.08. The molecule has 0 spiro atoms. The Labute approximate surface area is 115 Å². The van der Waals surface area contributed by atoms with Gasteiger partial charge >= 0.3 is 0 Å². The lowest BCUT2D eigenvalue weighted by Crippen LogP contribution is -2.38. The SMILES string of the molecule is CC(C)c1ccc(CNC(=O)C2CCCC2N)cc1. The molecular formula is C16H24N2O. The first-order valence-electron chi connectivity index (χ1n) is 7.20. The van der Waals surface area contributed by atoms with E-state index in [1.54, 1.807) is 0 Å². The van der Waals surface area contributed by atoms with Crippen LogP contribution in [0.3, 0.4) is 0 Å². The lowest BCUT2D eigenvalue weighted by atomic mass is 10.0. The van der Waals surface area contributed by atoms with Crippen molar-refractivity contribution in [2.45, 2.75) is 51.6 Å². The number of rotatable bonds is 4. The van der Waals surface area contributed by atoms with Crippen LogP contribution in [0.25, 0.3) is 0 Å². The molecule has 0 aliphatic heterocycles. The Morgan fingerprint density at radius 2 is 2.00 bits per heavy atom. The van der Waals surface area contributed by atoms with Gasteiger partial charge in [-0.1, -0.05) is 44.5 Å². The van der Waals surface area contributed by atoms with Crippen LogP contribution in [0.1, 0.15) is 50.2 Å². The van der Waals surface area contributed by atoms with Crippen molar-refractivity contribution in [2.24, 2.45) is 11.7 Å². The number of hydrogen-bond donors (Lipinski definition) is 2. The van der Waals surface area contributed by atoms with Crippen LogP contribution >= 0.6 is 0 Å². The molecule has 3 nitrogen and oxygen atoms in total. The van der Waals surface area contributed by atoms with Gasteiger partial charge in [0, 0.05) is 12.6 Å². The van der Waals surface area contributed by atoms with Crippen LogP contribution < -0.4 is 11.1 Å². The monoisotopic (exact) mass is 260 g/mol. The van der Waals surface area contributed by atoms with Gasteiger partial charge in [-0.3, -0.25) is 4.79 Å². The maximum absolute atomic E-state index is 12.0. The molecule has 1 fully saturated rings. The van der Waals surface area contributed by atoms with E-state index in [0.29, 0.717) is 12.5 Å². The third-order valence-electron chi connectivity index (χ3n) is 4.02. The zero-order valence-electron chi connectivity index (χ0n) is 11.9. The molecule has 0 aromatic heterocycles. The average molecular weight is 260 g/mol. The highest BCUT2D eigenvalue weighted by Crippen LogP contribution is 2.24. The van der Waals surface area contributed by atoms with Gasteiger partial charge in [0.2, 0.25) is 5.91 Å². The van der Waals surface area contributed by atoms with Crippen LogP contribution in [-0.2, 0) is 11.3 Å². The molecule has 104 valence electrons. The zero-order valence-corrected chi connectivity index (χ0v) is 11.9. The predicted molar refractivity (Wildman–Crippen MR) is 77.7 cm³/mol. The number of carbonyl (C=O) groups is 1. The van der Waals surface area contributed by atoms with Gasteiger partial charge in [-0.25, -0.2) is 0 Å². The molecule has 1 saturated carbocycles. The van der Waals surface area contributed by atoms with E-state index >= 15 is 0 Å². The Hall–Kier alpha value is -1.35. The molecule has 3 N–H and O–H groups in total. The molecule has 0 bridgehead atoms. The van der Waals surface area contributed by atoms with E-state index in [4.69, 9.17) is 5.73 Å². The third kappa shape index (κ3) is 3.57. The summed E-state index contributed by atoms with van der Waals surface area (Å²) in [7, 11) is 0. The number of nitrogens with two attached hydrogens (primary N) is 1. The molecule has 2 unspecified atom stereocenters. The highest BCUT2D eigenvalue weighted by Gasteiger charge is 2.29. The molecular weight excluding hydrogens is 236 g/mol. The summed E-state index contributed by atoms with van der Waals surface area (Å²) in [5.74, 6) is 0.660. The number of nitrogens with one attached hydrogen (secondary N) is 1. The summed E-state index contributed by atoms with van der Waals surface area (Å²) >= 11 is 0. The van der Waals surface area contributed by atoms with Gasteiger partial charge < -0.3 is 11.1 Å². The highest BCUT2D eigenvalue weighted by atomic mass is 16.1. The predicted octanol–water partition coefficient (Wildman–Crippen LogP) is 2.55. The summed E-state index contributed by atoms with van der Waals surface area (Å²) in [4.78, 5) is 12.0. The molecule has 1 amide bonds. The van der Waals surface area contributed by atoms with Gasteiger partial charge in [-0.15, -0.1) is 0 Å². The smallest absolute Gasteiger partial charge is 0.224 e. The quantitative estimate of drug-likeness (QED) is 0.874. The second kappa shape index (κ2) is 6.20. The molecule has 1 aliphatic rings. The molecule has 2 rings (SSSR count). The minimum Gasteiger partial charge on any atom is -0.352 e. The lowest BCUT2D eigenvalue weighted by molar-refractivity contribution is -0.125. The molecule has 0 heterocycles. The van der Waals surface area contributed by atoms with Gasteiger partial charge in [0.15, 0.2) is 0 Å². The Morgan fingerprint density at radius 3 is 2.53 bits per heavy atom. The minimum absolute atomic E-state index is 0.00920. The summed E-state index contributed by atoms with van der Waals surface area (Å²) in [6.07, 6.45) is 2.97. The molecule has 2 atom stereocenters. The van der Waals surface area contributed by atoms with Crippen molar-refractivity contribution < 1.29 is 4.79 Å². The van der Waals surface area contributed by atoms with Crippen LogP contribution in [0.2, 0.25) is 0 Å². The summed E-state index contributed by atoms with van der Waals surface area (Å²) in [6, 6.07) is 8.48. The Morgan fingerprint density at radius 1 is 1.32 bits per heavy atom. The van der Waals surface area contributed by atoms with E-state index in [2.05, 4.69) is 43.4 Å². The van der Waals surface area contributed by atoms with Gasteiger partial charge in [0.1, 0.15) is 0 Å². The van der Waals surface area contributed by atoms with Crippen molar-refractivity contribution >= 4 is 5.91 Å². The summed E-state index contributed by atoms with van der Waals surface area (Å²) in [5, 5.41) is 3.00. The number of carbonyl (C=O) groups excluding carboxylic acids is 1. The fourth-order valence-corrected chi connectivity index (χ4v) is 2.65. The van der Waals surface area contributed by atoms with E-state index in [-0.39, 0.29) is 17.9 Å². The largest absolute Gasteiger partial charge is 0.352 e.